The second kappa shape index (κ2) is 7.65. The third-order valence-corrected chi connectivity index (χ3v) is 5.17. The number of benzene rings is 1. The summed E-state index contributed by atoms with van der Waals surface area (Å²) in [6, 6.07) is 3.63. The van der Waals surface area contributed by atoms with Crippen LogP contribution in [0, 0.1) is 12.8 Å². The molecule has 1 aliphatic carbocycles. The van der Waals surface area contributed by atoms with Crippen molar-refractivity contribution in [1.82, 2.24) is 9.80 Å². The number of methoxy groups -OCH3 is 1. The Balaban J connectivity index is 1.64. The molecule has 2 amide bonds. The fourth-order valence-corrected chi connectivity index (χ4v) is 3.77. The lowest BCUT2D eigenvalue weighted by atomic mass is 10.1. The zero-order valence-corrected chi connectivity index (χ0v) is 15.6. The van der Waals surface area contributed by atoms with Gasteiger partial charge in [-0.25, -0.2) is 0 Å². The molecule has 0 spiro atoms. The van der Waals surface area contributed by atoms with Crippen LogP contribution < -0.4 is 4.74 Å². The molecule has 0 N–H and O–H groups in total. The number of carbonyl (C=O) groups excluding carboxylic acids is 2. The van der Waals surface area contributed by atoms with Crippen LogP contribution in [0.3, 0.4) is 0 Å². The maximum atomic E-state index is 12.8. The standard InChI is InChI=1S/C19H25ClN2O3/c1-13-10-16(20)11-15(18(13)25-2)12-17(23)21-6-3-7-22(9-8-21)19(24)14-4-5-14/h10-11,14H,3-9,12H2,1-2H3. The lowest BCUT2D eigenvalue weighted by Gasteiger charge is -2.23. The van der Waals surface area contributed by atoms with Gasteiger partial charge in [-0.2, -0.15) is 0 Å². The second-order valence-electron chi connectivity index (χ2n) is 6.93. The van der Waals surface area contributed by atoms with Gasteiger partial charge in [-0.15, -0.1) is 0 Å². The zero-order chi connectivity index (χ0) is 18.0. The number of ether oxygens (including phenoxy) is 1. The molecule has 0 aromatic heterocycles. The van der Waals surface area contributed by atoms with E-state index in [0.29, 0.717) is 24.7 Å². The highest BCUT2D eigenvalue weighted by Gasteiger charge is 2.34. The summed E-state index contributed by atoms with van der Waals surface area (Å²) in [6.07, 6.45) is 3.13. The minimum absolute atomic E-state index is 0.0562. The van der Waals surface area contributed by atoms with Gasteiger partial charge in [0.25, 0.3) is 0 Å². The summed E-state index contributed by atoms with van der Waals surface area (Å²) in [4.78, 5) is 28.8. The summed E-state index contributed by atoms with van der Waals surface area (Å²) in [5.41, 5.74) is 1.74. The molecule has 1 saturated heterocycles. The van der Waals surface area contributed by atoms with Gasteiger partial charge in [0, 0.05) is 42.7 Å². The van der Waals surface area contributed by atoms with Gasteiger partial charge in [0.05, 0.1) is 13.5 Å². The Morgan fingerprint density at radius 1 is 1.16 bits per heavy atom. The first-order valence-electron chi connectivity index (χ1n) is 8.89. The molecule has 5 nitrogen and oxygen atoms in total. The van der Waals surface area contributed by atoms with Crippen LogP contribution in [-0.4, -0.2) is 54.9 Å². The van der Waals surface area contributed by atoms with E-state index >= 15 is 0 Å². The van der Waals surface area contributed by atoms with Crippen LogP contribution in [-0.2, 0) is 16.0 Å². The molecule has 0 atom stereocenters. The average molecular weight is 365 g/mol. The lowest BCUT2D eigenvalue weighted by molar-refractivity contribution is -0.134. The first-order chi connectivity index (χ1) is 12.0. The van der Waals surface area contributed by atoms with Crippen molar-refractivity contribution in [1.29, 1.82) is 0 Å². The van der Waals surface area contributed by atoms with Gasteiger partial charge in [-0.3, -0.25) is 9.59 Å². The minimum Gasteiger partial charge on any atom is -0.496 e. The minimum atomic E-state index is 0.0562. The highest BCUT2D eigenvalue weighted by Crippen LogP contribution is 2.31. The molecule has 1 saturated carbocycles. The van der Waals surface area contributed by atoms with E-state index in [1.807, 2.05) is 22.8 Å². The third-order valence-electron chi connectivity index (χ3n) is 4.95. The van der Waals surface area contributed by atoms with Crippen molar-refractivity contribution in [2.24, 2.45) is 5.92 Å². The van der Waals surface area contributed by atoms with E-state index in [2.05, 4.69) is 0 Å². The fourth-order valence-electron chi connectivity index (χ4n) is 3.47. The first kappa shape index (κ1) is 18.1. The van der Waals surface area contributed by atoms with Crippen LogP contribution in [0.4, 0.5) is 0 Å². The molecule has 1 heterocycles. The molecule has 1 aromatic carbocycles. The molecule has 6 heteroatoms. The molecule has 25 heavy (non-hydrogen) atoms. The quantitative estimate of drug-likeness (QED) is 0.825. The molecule has 2 aliphatic rings. The van der Waals surface area contributed by atoms with E-state index in [4.69, 9.17) is 16.3 Å². The molecule has 0 bridgehead atoms. The summed E-state index contributed by atoms with van der Waals surface area (Å²) in [5.74, 6) is 1.28. The van der Waals surface area contributed by atoms with Crippen LogP contribution in [0.25, 0.3) is 0 Å². The number of nitrogens with zero attached hydrogens (tertiary/aromatic N) is 2. The van der Waals surface area contributed by atoms with E-state index in [0.717, 1.165) is 42.7 Å². The van der Waals surface area contributed by atoms with Crippen LogP contribution >= 0.6 is 11.6 Å². The number of amides is 2. The summed E-state index contributed by atoms with van der Waals surface area (Å²) in [6.45, 7) is 4.59. The summed E-state index contributed by atoms with van der Waals surface area (Å²) in [5, 5.41) is 0.609. The highest BCUT2D eigenvalue weighted by molar-refractivity contribution is 6.30. The molecule has 3 rings (SSSR count). The van der Waals surface area contributed by atoms with Crippen molar-refractivity contribution in [2.45, 2.75) is 32.6 Å². The Hall–Kier alpha value is -1.75. The molecular formula is C19H25ClN2O3. The second-order valence-corrected chi connectivity index (χ2v) is 7.36. The average Bonchev–Trinajstić information content (AvgIpc) is 3.40. The Bertz CT molecular complexity index is 673. The van der Waals surface area contributed by atoms with Gasteiger partial charge in [0.1, 0.15) is 5.75 Å². The highest BCUT2D eigenvalue weighted by atomic mass is 35.5. The van der Waals surface area contributed by atoms with Gasteiger partial charge in [0.2, 0.25) is 11.8 Å². The predicted octanol–water partition coefficient (Wildman–Crippen LogP) is 2.67. The Morgan fingerprint density at radius 2 is 1.84 bits per heavy atom. The molecule has 1 aliphatic heterocycles. The number of halogens is 1. The first-order valence-corrected chi connectivity index (χ1v) is 9.27. The third kappa shape index (κ3) is 4.27. The number of hydrogen-bond acceptors (Lipinski definition) is 3. The number of carbonyl (C=O) groups is 2. The largest absolute Gasteiger partial charge is 0.496 e. The number of hydrogen-bond donors (Lipinski definition) is 0. The molecule has 136 valence electrons. The van der Waals surface area contributed by atoms with Crippen LogP contribution in [0.5, 0.6) is 5.75 Å². The Morgan fingerprint density at radius 3 is 2.52 bits per heavy atom. The maximum Gasteiger partial charge on any atom is 0.227 e. The topological polar surface area (TPSA) is 49.9 Å². The van der Waals surface area contributed by atoms with Gasteiger partial charge >= 0.3 is 0 Å². The molecule has 1 aromatic rings. The normalized spacial score (nSPS) is 18.0. The van der Waals surface area contributed by atoms with Crippen LogP contribution in [0.2, 0.25) is 5.02 Å². The lowest BCUT2D eigenvalue weighted by Crippen LogP contribution is -2.38. The Labute approximate surface area is 153 Å². The van der Waals surface area contributed by atoms with Crippen LogP contribution in [0.1, 0.15) is 30.4 Å². The number of rotatable bonds is 4. The van der Waals surface area contributed by atoms with Crippen molar-refractivity contribution < 1.29 is 14.3 Å². The predicted molar refractivity (Wildman–Crippen MR) is 96.9 cm³/mol. The molecule has 2 fully saturated rings. The molecular weight excluding hydrogens is 340 g/mol. The summed E-state index contributed by atoms with van der Waals surface area (Å²) in [7, 11) is 1.61. The van der Waals surface area contributed by atoms with Crippen molar-refractivity contribution in [3.8, 4) is 5.75 Å². The van der Waals surface area contributed by atoms with E-state index in [1.165, 1.54) is 0 Å². The zero-order valence-electron chi connectivity index (χ0n) is 14.9. The number of aryl methyl sites for hydroxylation is 1. The van der Waals surface area contributed by atoms with Crippen LogP contribution in [0.15, 0.2) is 12.1 Å². The van der Waals surface area contributed by atoms with Gasteiger partial charge in [-0.05, 0) is 43.9 Å². The van der Waals surface area contributed by atoms with E-state index in [1.54, 1.807) is 13.2 Å². The van der Waals surface area contributed by atoms with Crippen molar-refractivity contribution in [3.05, 3.63) is 28.3 Å². The maximum absolute atomic E-state index is 12.8. The van der Waals surface area contributed by atoms with E-state index < -0.39 is 0 Å². The van der Waals surface area contributed by atoms with Gasteiger partial charge in [0.15, 0.2) is 0 Å². The fraction of sp³-hybridized carbons (Fsp3) is 0.579. The summed E-state index contributed by atoms with van der Waals surface area (Å²) >= 11 is 6.14. The van der Waals surface area contributed by atoms with Crippen molar-refractivity contribution >= 4 is 23.4 Å². The summed E-state index contributed by atoms with van der Waals surface area (Å²) < 4.78 is 5.44. The monoisotopic (exact) mass is 364 g/mol. The van der Waals surface area contributed by atoms with Gasteiger partial charge < -0.3 is 14.5 Å². The van der Waals surface area contributed by atoms with Gasteiger partial charge in [-0.1, -0.05) is 11.6 Å². The SMILES string of the molecule is COc1c(C)cc(Cl)cc1CC(=O)N1CCCN(C(=O)C2CC2)CC1. The smallest absolute Gasteiger partial charge is 0.227 e. The Kier molecular flexibility index (Phi) is 5.52. The molecule has 0 unspecified atom stereocenters. The molecule has 0 radical (unpaired) electrons. The van der Waals surface area contributed by atoms with E-state index in [-0.39, 0.29) is 24.2 Å². The van der Waals surface area contributed by atoms with E-state index in [9.17, 15) is 9.59 Å². The van der Waals surface area contributed by atoms with Crippen molar-refractivity contribution in [2.75, 3.05) is 33.3 Å². The van der Waals surface area contributed by atoms with Crippen molar-refractivity contribution in [3.63, 3.8) is 0 Å².